The molecule has 144 valence electrons. The average Bonchev–Trinajstić information content (AvgIpc) is 2.52. The van der Waals surface area contributed by atoms with Gasteiger partial charge in [-0.25, -0.2) is 13.2 Å². The van der Waals surface area contributed by atoms with Crippen LogP contribution in [0.2, 0.25) is 0 Å². The monoisotopic (exact) mass is 382 g/mol. The lowest BCUT2D eigenvalue weighted by Gasteiger charge is -2.33. The summed E-state index contributed by atoms with van der Waals surface area (Å²) in [6, 6.07) is 6.02. The van der Waals surface area contributed by atoms with Crippen LogP contribution in [0.3, 0.4) is 0 Å². The van der Waals surface area contributed by atoms with Crippen LogP contribution in [0.5, 0.6) is 0 Å². The third-order valence-electron chi connectivity index (χ3n) is 4.01. The number of benzene rings is 1. The molecule has 1 aromatic carbocycles. The van der Waals surface area contributed by atoms with E-state index in [1.165, 1.54) is 12.1 Å². The number of piperidine rings is 1. The third-order valence-corrected chi connectivity index (χ3v) is 5.12. The Morgan fingerprint density at radius 2 is 1.81 bits per heavy atom. The highest BCUT2D eigenvalue weighted by atomic mass is 32.2. The van der Waals surface area contributed by atoms with Crippen molar-refractivity contribution in [1.29, 1.82) is 0 Å². The first kappa shape index (κ1) is 20.2. The number of nitrogens with one attached hydrogen (secondary N) is 1. The van der Waals surface area contributed by atoms with E-state index in [0.29, 0.717) is 31.5 Å². The number of hydrogen-bond acceptors (Lipinski definition) is 5. The molecule has 2 rings (SSSR count). The van der Waals surface area contributed by atoms with E-state index < -0.39 is 21.5 Å². The molecule has 1 saturated heterocycles. The molecule has 1 N–H and O–H groups in total. The first-order chi connectivity index (χ1) is 12.0. The predicted octanol–water partition coefficient (Wildman–Crippen LogP) is 2.22. The Balaban J connectivity index is 1.94. The molecule has 7 nitrogen and oxygen atoms in total. The van der Waals surface area contributed by atoms with Crippen molar-refractivity contribution in [2.45, 2.75) is 50.2 Å². The largest absolute Gasteiger partial charge is 0.444 e. The number of carbonyl (C=O) groups excluding carboxylic acids is 2. The van der Waals surface area contributed by atoms with Crippen LogP contribution in [-0.2, 0) is 14.6 Å². The highest BCUT2D eigenvalue weighted by Gasteiger charge is 2.26. The molecule has 0 atom stereocenters. The third kappa shape index (κ3) is 5.72. The van der Waals surface area contributed by atoms with E-state index in [9.17, 15) is 18.0 Å². The van der Waals surface area contributed by atoms with Crippen molar-refractivity contribution in [3.05, 3.63) is 29.8 Å². The van der Waals surface area contributed by atoms with Gasteiger partial charge < -0.3 is 15.0 Å². The summed E-state index contributed by atoms with van der Waals surface area (Å²) < 4.78 is 28.5. The minimum absolute atomic E-state index is 0.0451. The van der Waals surface area contributed by atoms with Gasteiger partial charge in [0.25, 0.3) is 5.91 Å². The molecule has 2 amide bonds. The highest BCUT2D eigenvalue weighted by molar-refractivity contribution is 7.90. The number of rotatable bonds is 3. The van der Waals surface area contributed by atoms with Crippen LogP contribution in [0, 0.1) is 0 Å². The van der Waals surface area contributed by atoms with Gasteiger partial charge in [-0.05, 0) is 51.8 Å². The van der Waals surface area contributed by atoms with E-state index >= 15 is 0 Å². The number of likely N-dealkylation sites (tertiary alicyclic amines) is 1. The van der Waals surface area contributed by atoms with Crippen molar-refractivity contribution in [2.75, 3.05) is 19.3 Å². The van der Waals surface area contributed by atoms with Gasteiger partial charge in [0.15, 0.2) is 9.84 Å². The van der Waals surface area contributed by atoms with Crippen LogP contribution in [0.4, 0.5) is 4.79 Å². The molecule has 1 aliphatic heterocycles. The highest BCUT2D eigenvalue weighted by Crippen LogP contribution is 2.17. The molecule has 1 heterocycles. The molecule has 0 bridgehead atoms. The van der Waals surface area contributed by atoms with Crippen LogP contribution in [0.1, 0.15) is 44.0 Å². The fourth-order valence-electron chi connectivity index (χ4n) is 2.74. The maximum absolute atomic E-state index is 12.6. The summed E-state index contributed by atoms with van der Waals surface area (Å²) in [5.74, 6) is -0.203. The molecule has 1 aliphatic rings. The van der Waals surface area contributed by atoms with Crippen molar-refractivity contribution in [2.24, 2.45) is 0 Å². The van der Waals surface area contributed by atoms with E-state index in [0.717, 1.165) is 6.26 Å². The first-order valence-electron chi connectivity index (χ1n) is 8.54. The minimum Gasteiger partial charge on any atom is -0.444 e. The Kier molecular flexibility index (Phi) is 5.95. The summed E-state index contributed by atoms with van der Waals surface area (Å²) in [7, 11) is -3.36. The van der Waals surface area contributed by atoms with Gasteiger partial charge in [-0.1, -0.05) is 6.07 Å². The summed E-state index contributed by atoms with van der Waals surface area (Å²) in [6.07, 6.45) is 1.90. The van der Waals surface area contributed by atoms with Gasteiger partial charge >= 0.3 is 6.09 Å². The number of carbonyl (C=O) groups is 2. The van der Waals surface area contributed by atoms with Gasteiger partial charge in [-0.2, -0.15) is 0 Å². The zero-order valence-electron chi connectivity index (χ0n) is 15.6. The Labute approximate surface area is 154 Å². The first-order valence-corrected chi connectivity index (χ1v) is 10.4. The lowest BCUT2D eigenvalue weighted by atomic mass is 10.0. The van der Waals surface area contributed by atoms with Crippen molar-refractivity contribution < 1.29 is 22.7 Å². The molecule has 0 aromatic heterocycles. The number of ether oxygens (including phenoxy) is 1. The summed E-state index contributed by atoms with van der Waals surface area (Å²) in [4.78, 5) is 26.2. The Morgan fingerprint density at radius 3 is 2.35 bits per heavy atom. The van der Waals surface area contributed by atoms with E-state index in [2.05, 4.69) is 5.32 Å². The van der Waals surface area contributed by atoms with Crippen LogP contribution in [0.15, 0.2) is 29.2 Å². The molecule has 0 radical (unpaired) electrons. The summed E-state index contributed by atoms with van der Waals surface area (Å²) in [5, 5.41) is 2.83. The zero-order valence-corrected chi connectivity index (χ0v) is 16.4. The topological polar surface area (TPSA) is 92.8 Å². The molecule has 8 heteroatoms. The normalized spacial score (nSPS) is 16.2. The number of hydrogen-bond donors (Lipinski definition) is 1. The van der Waals surface area contributed by atoms with E-state index in [1.807, 2.05) is 0 Å². The smallest absolute Gasteiger partial charge is 0.407 e. The van der Waals surface area contributed by atoms with E-state index in [1.54, 1.807) is 37.8 Å². The van der Waals surface area contributed by atoms with Crippen molar-refractivity contribution in [1.82, 2.24) is 10.2 Å². The molecule has 1 aromatic rings. The SMILES string of the molecule is CC(C)(C)OC(=O)NC1CCN(C(=O)c2cccc(S(C)(=O)=O)c2)CC1. The lowest BCUT2D eigenvalue weighted by molar-refractivity contribution is 0.0473. The molecule has 26 heavy (non-hydrogen) atoms. The van der Waals surface area contributed by atoms with Crippen molar-refractivity contribution >= 4 is 21.8 Å². The summed E-state index contributed by atoms with van der Waals surface area (Å²) >= 11 is 0. The van der Waals surface area contributed by atoms with Gasteiger partial charge in [-0.15, -0.1) is 0 Å². The summed E-state index contributed by atoms with van der Waals surface area (Å²) in [5.41, 5.74) is -0.197. The molecule has 0 saturated carbocycles. The quantitative estimate of drug-likeness (QED) is 0.865. The maximum Gasteiger partial charge on any atom is 0.407 e. The number of sulfone groups is 1. The summed E-state index contributed by atoms with van der Waals surface area (Å²) in [6.45, 7) is 6.39. The second-order valence-electron chi connectivity index (χ2n) is 7.51. The van der Waals surface area contributed by atoms with Crippen LogP contribution < -0.4 is 5.32 Å². The Bertz CT molecular complexity index is 775. The lowest BCUT2D eigenvalue weighted by Crippen LogP contribution is -2.47. The fraction of sp³-hybridized carbons (Fsp3) is 0.556. The Morgan fingerprint density at radius 1 is 1.19 bits per heavy atom. The number of alkyl carbamates (subject to hydrolysis) is 1. The second-order valence-corrected chi connectivity index (χ2v) is 9.53. The van der Waals surface area contributed by atoms with Crippen LogP contribution in [-0.4, -0.2) is 56.3 Å². The van der Waals surface area contributed by atoms with Gasteiger partial charge in [-0.3, -0.25) is 4.79 Å². The fourth-order valence-corrected chi connectivity index (χ4v) is 3.41. The van der Waals surface area contributed by atoms with Gasteiger partial charge in [0.2, 0.25) is 0 Å². The van der Waals surface area contributed by atoms with Crippen molar-refractivity contribution in [3.63, 3.8) is 0 Å². The second kappa shape index (κ2) is 7.65. The van der Waals surface area contributed by atoms with E-state index in [-0.39, 0.29) is 16.8 Å². The Hall–Kier alpha value is -2.09. The van der Waals surface area contributed by atoms with Crippen LogP contribution in [0.25, 0.3) is 0 Å². The average molecular weight is 382 g/mol. The molecule has 0 aliphatic carbocycles. The van der Waals surface area contributed by atoms with E-state index in [4.69, 9.17) is 4.74 Å². The molecule has 0 spiro atoms. The minimum atomic E-state index is -3.36. The molecular weight excluding hydrogens is 356 g/mol. The van der Waals surface area contributed by atoms with Gasteiger partial charge in [0, 0.05) is 31.0 Å². The van der Waals surface area contributed by atoms with Crippen LogP contribution >= 0.6 is 0 Å². The van der Waals surface area contributed by atoms with Gasteiger partial charge in [0.1, 0.15) is 5.60 Å². The number of amides is 2. The number of nitrogens with zero attached hydrogens (tertiary/aromatic N) is 1. The molecule has 0 unspecified atom stereocenters. The standard InChI is InChI=1S/C18H26N2O5S/c1-18(2,3)25-17(22)19-14-8-10-20(11-9-14)16(21)13-6-5-7-15(12-13)26(4,23)24/h5-7,12,14H,8-11H2,1-4H3,(H,19,22). The maximum atomic E-state index is 12.6. The van der Waals surface area contributed by atoms with Gasteiger partial charge in [0.05, 0.1) is 4.90 Å². The molecule has 1 fully saturated rings. The molecular formula is C18H26N2O5S. The zero-order chi connectivity index (χ0) is 19.5. The predicted molar refractivity (Wildman–Crippen MR) is 97.8 cm³/mol. The van der Waals surface area contributed by atoms with Crippen molar-refractivity contribution in [3.8, 4) is 0 Å².